The Morgan fingerprint density at radius 2 is 1.86 bits per heavy atom. The van der Waals surface area contributed by atoms with Crippen molar-refractivity contribution in [3.8, 4) is 0 Å². The third kappa shape index (κ3) is 7.48. The fourth-order valence-corrected chi connectivity index (χ4v) is 3.87. The molecule has 1 N–H and O–H groups in total. The van der Waals surface area contributed by atoms with E-state index in [4.69, 9.17) is 0 Å². The van der Waals surface area contributed by atoms with Crippen LogP contribution in [-0.2, 0) is 21.9 Å². The van der Waals surface area contributed by atoms with E-state index >= 15 is 0 Å². The highest BCUT2D eigenvalue weighted by molar-refractivity contribution is 9.10. The molecule has 2 rings (SSSR count). The zero-order chi connectivity index (χ0) is 21.2. The molecule has 0 saturated heterocycles. The Bertz CT molecular complexity index is 817. The number of benzene rings is 2. The minimum absolute atomic E-state index is 0.145. The summed E-state index contributed by atoms with van der Waals surface area (Å²) in [5.74, 6) is -0.00619. The van der Waals surface area contributed by atoms with Crippen molar-refractivity contribution in [2.75, 3.05) is 12.3 Å². The van der Waals surface area contributed by atoms with Gasteiger partial charge in [0.25, 0.3) is 0 Å². The number of amides is 2. The zero-order valence-corrected chi connectivity index (χ0v) is 19.1. The minimum atomic E-state index is -0.591. The second kappa shape index (κ2) is 12.0. The van der Waals surface area contributed by atoms with Gasteiger partial charge in [-0.3, -0.25) is 9.59 Å². The van der Waals surface area contributed by atoms with Crippen LogP contribution in [0, 0.1) is 5.82 Å². The number of halogens is 2. The molecule has 2 aromatic carbocycles. The molecule has 2 amide bonds. The molecule has 0 heterocycles. The lowest BCUT2D eigenvalue weighted by molar-refractivity contribution is -0.138. The Morgan fingerprint density at radius 1 is 1.17 bits per heavy atom. The molecule has 0 saturated carbocycles. The first-order valence-electron chi connectivity index (χ1n) is 9.55. The average molecular weight is 481 g/mol. The smallest absolute Gasteiger partial charge is 0.242 e. The SMILES string of the molecule is CCCNC(=O)C(C)N(Cc1ccc(Br)cc1)C(=O)CSCc1ccccc1F. The van der Waals surface area contributed by atoms with Crippen LogP contribution in [0.15, 0.2) is 53.0 Å². The van der Waals surface area contributed by atoms with Gasteiger partial charge in [0, 0.05) is 23.3 Å². The van der Waals surface area contributed by atoms with Crippen molar-refractivity contribution in [3.05, 3.63) is 69.9 Å². The lowest BCUT2D eigenvalue weighted by Crippen LogP contribution is -2.48. The van der Waals surface area contributed by atoms with Gasteiger partial charge in [0.2, 0.25) is 11.8 Å². The normalized spacial score (nSPS) is 11.7. The van der Waals surface area contributed by atoms with Crippen molar-refractivity contribution in [1.82, 2.24) is 10.2 Å². The molecule has 1 unspecified atom stereocenters. The number of hydrogen-bond donors (Lipinski definition) is 1. The van der Waals surface area contributed by atoms with Gasteiger partial charge in [-0.25, -0.2) is 4.39 Å². The third-order valence-electron chi connectivity index (χ3n) is 4.42. The fraction of sp³-hybridized carbons (Fsp3) is 0.364. The van der Waals surface area contributed by atoms with Crippen molar-refractivity contribution in [2.24, 2.45) is 0 Å². The molecule has 0 aliphatic carbocycles. The highest BCUT2D eigenvalue weighted by Crippen LogP contribution is 2.18. The molecular weight excluding hydrogens is 455 g/mol. The second-order valence-electron chi connectivity index (χ2n) is 6.70. The van der Waals surface area contributed by atoms with Crippen LogP contribution in [0.3, 0.4) is 0 Å². The molecule has 1 atom stereocenters. The largest absolute Gasteiger partial charge is 0.354 e. The Labute approximate surface area is 184 Å². The highest BCUT2D eigenvalue weighted by Gasteiger charge is 2.25. The van der Waals surface area contributed by atoms with Crippen LogP contribution in [0.1, 0.15) is 31.4 Å². The van der Waals surface area contributed by atoms with Gasteiger partial charge in [0.1, 0.15) is 11.9 Å². The van der Waals surface area contributed by atoms with Crippen LogP contribution in [0.5, 0.6) is 0 Å². The average Bonchev–Trinajstić information content (AvgIpc) is 2.72. The lowest BCUT2D eigenvalue weighted by atomic mass is 10.1. The Hall–Kier alpha value is -1.86. The van der Waals surface area contributed by atoms with E-state index in [1.165, 1.54) is 17.8 Å². The van der Waals surface area contributed by atoms with E-state index in [9.17, 15) is 14.0 Å². The quantitative estimate of drug-likeness (QED) is 0.532. The maximum absolute atomic E-state index is 13.8. The molecule has 2 aromatic rings. The van der Waals surface area contributed by atoms with Crippen LogP contribution in [0.4, 0.5) is 4.39 Å². The summed E-state index contributed by atoms with van der Waals surface area (Å²) >= 11 is 4.75. The van der Waals surface area contributed by atoms with Crippen LogP contribution in [0.2, 0.25) is 0 Å². The molecule has 0 fully saturated rings. The molecule has 29 heavy (non-hydrogen) atoms. The van der Waals surface area contributed by atoms with Gasteiger partial charge in [-0.05, 0) is 42.7 Å². The van der Waals surface area contributed by atoms with Crippen LogP contribution in [-0.4, -0.2) is 35.1 Å². The van der Waals surface area contributed by atoms with E-state index in [-0.39, 0.29) is 23.4 Å². The van der Waals surface area contributed by atoms with Gasteiger partial charge in [0.15, 0.2) is 0 Å². The number of carbonyl (C=O) groups is 2. The Morgan fingerprint density at radius 3 is 2.52 bits per heavy atom. The van der Waals surface area contributed by atoms with E-state index < -0.39 is 6.04 Å². The van der Waals surface area contributed by atoms with Crippen LogP contribution in [0.25, 0.3) is 0 Å². The molecular formula is C22H26BrFN2O2S. The van der Waals surface area contributed by atoms with Crippen molar-refractivity contribution in [2.45, 2.75) is 38.6 Å². The maximum atomic E-state index is 13.8. The molecule has 0 aliphatic rings. The van der Waals surface area contributed by atoms with Gasteiger partial charge in [-0.2, -0.15) is 0 Å². The summed E-state index contributed by atoms with van der Waals surface area (Å²) < 4.78 is 14.7. The Balaban J connectivity index is 2.05. The summed E-state index contributed by atoms with van der Waals surface area (Å²) in [7, 11) is 0. The Kier molecular flexibility index (Phi) is 9.67. The standard InChI is InChI=1S/C22H26BrFN2O2S/c1-3-12-25-22(28)16(2)26(13-17-8-10-19(23)11-9-17)21(27)15-29-14-18-6-4-5-7-20(18)24/h4-11,16H,3,12-15H2,1-2H3,(H,25,28). The summed E-state index contributed by atoms with van der Waals surface area (Å²) in [5, 5.41) is 2.86. The van der Waals surface area contributed by atoms with E-state index in [2.05, 4.69) is 21.2 Å². The highest BCUT2D eigenvalue weighted by atomic mass is 79.9. The molecule has 0 spiro atoms. The second-order valence-corrected chi connectivity index (χ2v) is 8.60. The predicted octanol–water partition coefficient (Wildman–Crippen LogP) is 4.76. The first-order chi connectivity index (χ1) is 13.9. The number of hydrogen-bond acceptors (Lipinski definition) is 3. The molecule has 0 bridgehead atoms. The maximum Gasteiger partial charge on any atom is 0.242 e. The zero-order valence-electron chi connectivity index (χ0n) is 16.7. The van der Waals surface area contributed by atoms with Crippen molar-refractivity contribution in [3.63, 3.8) is 0 Å². The summed E-state index contributed by atoms with van der Waals surface area (Å²) in [6, 6.07) is 13.6. The number of nitrogens with one attached hydrogen (secondary N) is 1. The van der Waals surface area contributed by atoms with Crippen molar-refractivity contribution in [1.29, 1.82) is 0 Å². The lowest BCUT2D eigenvalue weighted by Gasteiger charge is -2.28. The van der Waals surface area contributed by atoms with E-state index in [1.807, 2.05) is 31.2 Å². The van der Waals surface area contributed by atoms with Crippen LogP contribution < -0.4 is 5.32 Å². The first-order valence-corrected chi connectivity index (χ1v) is 11.5. The molecule has 0 aromatic heterocycles. The third-order valence-corrected chi connectivity index (χ3v) is 5.92. The fourth-order valence-electron chi connectivity index (χ4n) is 2.71. The van der Waals surface area contributed by atoms with Gasteiger partial charge in [0.05, 0.1) is 5.75 Å². The van der Waals surface area contributed by atoms with E-state index in [1.54, 1.807) is 30.0 Å². The molecule has 4 nitrogen and oxygen atoms in total. The molecule has 156 valence electrons. The summed E-state index contributed by atoms with van der Waals surface area (Å²) in [6.07, 6.45) is 0.831. The summed E-state index contributed by atoms with van der Waals surface area (Å²) in [5.41, 5.74) is 1.51. The number of nitrogens with zero attached hydrogens (tertiary/aromatic N) is 1. The van der Waals surface area contributed by atoms with Gasteiger partial charge < -0.3 is 10.2 Å². The van der Waals surface area contributed by atoms with Gasteiger partial charge in [-0.1, -0.05) is 53.2 Å². The minimum Gasteiger partial charge on any atom is -0.354 e. The number of thioether (sulfide) groups is 1. The first kappa shape index (κ1) is 23.4. The van der Waals surface area contributed by atoms with Crippen LogP contribution >= 0.6 is 27.7 Å². The van der Waals surface area contributed by atoms with Crippen molar-refractivity contribution >= 4 is 39.5 Å². The monoisotopic (exact) mass is 480 g/mol. The topological polar surface area (TPSA) is 49.4 Å². The van der Waals surface area contributed by atoms with E-state index in [0.717, 1.165) is 16.5 Å². The van der Waals surface area contributed by atoms with Gasteiger partial charge >= 0.3 is 0 Å². The molecule has 0 radical (unpaired) electrons. The van der Waals surface area contributed by atoms with E-state index in [0.29, 0.717) is 24.4 Å². The number of carbonyl (C=O) groups excluding carboxylic acids is 2. The van der Waals surface area contributed by atoms with Gasteiger partial charge in [-0.15, -0.1) is 11.8 Å². The summed E-state index contributed by atoms with van der Waals surface area (Å²) in [4.78, 5) is 27.0. The predicted molar refractivity (Wildman–Crippen MR) is 120 cm³/mol. The number of rotatable bonds is 10. The molecule has 0 aliphatic heterocycles. The molecule has 7 heteroatoms. The van der Waals surface area contributed by atoms with Crippen molar-refractivity contribution < 1.29 is 14.0 Å². The summed E-state index contributed by atoms with van der Waals surface area (Å²) in [6.45, 7) is 4.64.